The van der Waals surface area contributed by atoms with Crippen LogP contribution in [0, 0.1) is 5.82 Å². The molecule has 0 spiro atoms. The number of halogens is 1. The third kappa shape index (κ3) is 2.47. The molecule has 5 nitrogen and oxygen atoms in total. The van der Waals surface area contributed by atoms with Crippen molar-refractivity contribution in [1.29, 1.82) is 0 Å². The van der Waals surface area contributed by atoms with Crippen molar-refractivity contribution in [2.75, 3.05) is 17.6 Å². The van der Waals surface area contributed by atoms with Crippen LogP contribution in [0.25, 0.3) is 0 Å². The Morgan fingerprint density at radius 2 is 2.12 bits per heavy atom. The van der Waals surface area contributed by atoms with Crippen LogP contribution < -0.4 is 11.1 Å². The topological polar surface area (TPSA) is 77.0 Å². The summed E-state index contributed by atoms with van der Waals surface area (Å²) in [5, 5.41) is 9.96. The Morgan fingerprint density at radius 1 is 1.31 bits per heavy atom. The van der Waals surface area contributed by atoms with Gasteiger partial charge in [0.2, 0.25) is 0 Å². The Labute approximate surface area is 91.5 Å². The lowest BCUT2D eigenvalue weighted by Gasteiger charge is -2.02. The highest BCUT2D eigenvalue weighted by Crippen LogP contribution is 2.09. The van der Waals surface area contributed by atoms with Gasteiger partial charge in [-0.3, -0.25) is 0 Å². The van der Waals surface area contributed by atoms with E-state index in [2.05, 4.69) is 15.5 Å². The van der Waals surface area contributed by atoms with Crippen molar-refractivity contribution in [3.05, 3.63) is 35.6 Å². The molecule has 6 heteroatoms. The Bertz CT molecular complexity index is 471. The normalized spacial score (nSPS) is 10.3. The van der Waals surface area contributed by atoms with E-state index in [-0.39, 0.29) is 17.8 Å². The van der Waals surface area contributed by atoms with Gasteiger partial charge < -0.3 is 15.5 Å². The Hall–Kier alpha value is -2.11. The van der Waals surface area contributed by atoms with Crippen LogP contribution in [0.2, 0.25) is 0 Å². The molecular formula is C10H11FN4O. The fourth-order valence-corrected chi connectivity index (χ4v) is 1.31. The Balaban J connectivity index is 1.87. The van der Waals surface area contributed by atoms with Crippen LogP contribution in [0.15, 0.2) is 28.7 Å². The molecule has 3 N–H and O–H groups in total. The van der Waals surface area contributed by atoms with Crippen molar-refractivity contribution in [3.8, 4) is 0 Å². The molecule has 16 heavy (non-hydrogen) atoms. The number of hydrogen-bond acceptors (Lipinski definition) is 5. The minimum absolute atomic E-state index is 0.00777. The van der Waals surface area contributed by atoms with Crippen molar-refractivity contribution in [2.45, 2.75) is 6.42 Å². The Kier molecular flexibility index (Phi) is 3.00. The maximum atomic E-state index is 13.2. The Morgan fingerprint density at radius 3 is 2.81 bits per heavy atom. The second-order valence-electron chi connectivity index (χ2n) is 3.21. The zero-order valence-corrected chi connectivity index (χ0v) is 8.48. The number of anilines is 2. The predicted octanol–water partition coefficient (Wildman–Crippen LogP) is 1.45. The molecular weight excluding hydrogens is 211 g/mol. The van der Waals surface area contributed by atoms with Crippen LogP contribution >= 0.6 is 0 Å². The number of nitrogen functional groups attached to an aromatic ring is 1. The van der Waals surface area contributed by atoms with Gasteiger partial charge >= 0.3 is 12.0 Å². The van der Waals surface area contributed by atoms with Crippen LogP contribution in [-0.2, 0) is 6.42 Å². The average molecular weight is 222 g/mol. The molecule has 84 valence electrons. The quantitative estimate of drug-likeness (QED) is 0.818. The second kappa shape index (κ2) is 4.61. The van der Waals surface area contributed by atoms with Gasteiger partial charge in [-0.1, -0.05) is 28.4 Å². The largest absolute Gasteiger partial charge is 0.390 e. The predicted molar refractivity (Wildman–Crippen MR) is 57.3 cm³/mol. The third-order valence-corrected chi connectivity index (χ3v) is 2.07. The van der Waals surface area contributed by atoms with Crippen molar-refractivity contribution >= 4 is 12.0 Å². The highest BCUT2D eigenvalue weighted by Gasteiger charge is 2.03. The summed E-state index contributed by atoms with van der Waals surface area (Å²) >= 11 is 0. The van der Waals surface area contributed by atoms with Crippen LogP contribution in [0.3, 0.4) is 0 Å². The van der Waals surface area contributed by atoms with E-state index in [1.165, 1.54) is 6.07 Å². The van der Waals surface area contributed by atoms with Crippen molar-refractivity contribution in [2.24, 2.45) is 0 Å². The molecule has 0 aliphatic rings. The van der Waals surface area contributed by atoms with Gasteiger partial charge in [-0.2, -0.15) is 0 Å². The minimum atomic E-state index is -0.214. The number of nitrogens with one attached hydrogen (secondary N) is 1. The number of nitrogens with two attached hydrogens (primary N) is 1. The highest BCUT2D eigenvalue weighted by atomic mass is 19.1. The summed E-state index contributed by atoms with van der Waals surface area (Å²) in [7, 11) is 0. The minimum Gasteiger partial charge on any atom is -0.390 e. The first-order valence-corrected chi connectivity index (χ1v) is 4.82. The molecule has 0 saturated carbocycles. The lowest BCUT2D eigenvalue weighted by molar-refractivity contribution is 0.583. The molecule has 0 atom stereocenters. The molecule has 0 saturated heterocycles. The summed E-state index contributed by atoms with van der Waals surface area (Å²) in [4.78, 5) is 0. The second-order valence-corrected chi connectivity index (χ2v) is 3.21. The summed E-state index contributed by atoms with van der Waals surface area (Å²) in [6.45, 7) is 0.503. The fourth-order valence-electron chi connectivity index (χ4n) is 1.31. The monoisotopic (exact) mass is 222 g/mol. The van der Waals surface area contributed by atoms with E-state index in [1.807, 2.05) is 0 Å². The van der Waals surface area contributed by atoms with Crippen molar-refractivity contribution < 1.29 is 8.81 Å². The average Bonchev–Trinajstić information content (AvgIpc) is 2.67. The van der Waals surface area contributed by atoms with E-state index >= 15 is 0 Å². The lowest BCUT2D eigenvalue weighted by atomic mass is 10.1. The van der Waals surface area contributed by atoms with E-state index in [9.17, 15) is 4.39 Å². The van der Waals surface area contributed by atoms with Crippen LogP contribution in [0.5, 0.6) is 0 Å². The van der Waals surface area contributed by atoms with Gasteiger partial charge in [0, 0.05) is 6.54 Å². The van der Waals surface area contributed by atoms with Gasteiger partial charge in [0.05, 0.1) is 0 Å². The summed E-state index contributed by atoms with van der Waals surface area (Å²) in [5.74, 6) is -0.214. The first kappa shape index (κ1) is 10.4. The standard InChI is InChI=1S/C10H11FN4O/c11-8-4-2-1-3-7(8)5-6-13-10-15-14-9(12)16-10/h1-4H,5-6H2,(H2,12,14)(H,13,15). The van der Waals surface area contributed by atoms with E-state index in [0.29, 0.717) is 18.5 Å². The summed E-state index contributed by atoms with van der Waals surface area (Å²) in [5.41, 5.74) is 5.89. The van der Waals surface area contributed by atoms with E-state index in [4.69, 9.17) is 10.2 Å². The number of hydrogen-bond donors (Lipinski definition) is 2. The maximum Gasteiger partial charge on any atom is 0.316 e. The molecule has 0 aliphatic carbocycles. The smallest absolute Gasteiger partial charge is 0.316 e. The fraction of sp³-hybridized carbons (Fsp3) is 0.200. The first-order valence-electron chi connectivity index (χ1n) is 4.82. The zero-order valence-electron chi connectivity index (χ0n) is 8.48. The SMILES string of the molecule is Nc1nnc(NCCc2ccccc2F)o1. The van der Waals surface area contributed by atoms with E-state index in [1.54, 1.807) is 18.2 Å². The van der Waals surface area contributed by atoms with E-state index in [0.717, 1.165) is 0 Å². The molecule has 0 bridgehead atoms. The molecule has 1 aromatic carbocycles. The highest BCUT2D eigenvalue weighted by molar-refractivity contribution is 5.24. The molecule has 0 amide bonds. The van der Waals surface area contributed by atoms with Gasteiger partial charge in [-0.15, -0.1) is 0 Å². The molecule has 2 rings (SSSR count). The number of nitrogens with zero attached hydrogens (tertiary/aromatic N) is 2. The molecule has 1 heterocycles. The summed E-state index contributed by atoms with van der Waals surface area (Å²) in [6.07, 6.45) is 0.537. The van der Waals surface area contributed by atoms with Crippen molar-refractivity contribution in [1.82, 2.24) is 10.2 Å². The van der Waals surface area contributed by atoms with Crippen LogP contribution in [-0.4, -0.2) is 16.7 Å². The molecule has 0 unspecified atom stereocenters. The number of benzene rings is 1. The molecule has 1 aromatic heterocycles. The van der Waals surface area contributed by atoms with Crippen molar-refractivity contribution in [3.63, 3.8) is 0 Å². The van der Waals surface area contributed by atoms with Gasteiger partial charge in [0.15, 0.2) is 0 Å². The van der Waals surface area contributed by atoms with Gasteiger partial charge in [0.1, 0.15) is 5.82 Å². The van der Waals surface area contributed by atoms with Crippen LogP contribution in [0.4, 0.5) is 16.4 Å². The molecule has 0 aliphatic heterocycles. The first-order chi connectivity index (χ1) is 7.75. The third-order valence-electron chi connectivity index (χ3n) is 2.07. The molecule has 0 radical (unpaired) electrons. The number of rotatable bonds is 4. The summed E-state index contributed by atoms with van der Waals surface area (Å²) in [6, 6.07) is 6.87. The molecule has 2 aromatic rings. The van der Waals surface area contributed by atoms with Gasteiger partial charge in [0.25, 0.3) is 0 Å². The maximum absolute atomic E-state index is 13.2. The lowest BCUT2D eigenvalue weighted by Crippen LogP contribution is -2.06. The summed E-state index contributed by atoms with van der Waals surface area (Å²) < 4.78 is 18.1. The van der Waals surface area contributed by atoms with Crippen LogP contribution in [0.1, 0.15) is 5.56 Å². The van der Waals surface area contributed by atoms with Gasteiger partial charge in [-0.25, -0.2) is 4.39 Å². The van der Waals surface area contributed by atoms with Gasteiger partial charge in [-0.05, 0) is 18.1 Å². The zero-order chi connectivity index (χ0) is 11.4. The molecule has 0 fully saturated rings. The van der Waals surface area contributed by atoms with E-state index < -0.39 is 0 Å². The number of aromatic nitrogens is 2.